The Hall–Kier alpha value is -4.45. The van der Waals surface area contributed by atoms with Crippen molar-refractivity contribution in [2.45, 2.75) is 206 Å². The zero-order valence-corrected chi connectivity index (χ0v) is 60.5. The summed E-state index contributed by atoms with van der Waals surface area (Å²) in [5.74, 6) is -2.80. The summed E-state index contributed by atoms with van der Waals surface area (Å²) in [4.78, 5) is 85.6. The highest BCUT2D eigenvalue weighted by atomic mass is 33.1. The molecule has 0 aliphatic rings. The minimum Gasteiger partial charge on any atom is -0.481 e. The number of carboxylic acids is 2. The SMILES string of the molecule is C.C.C.C.C.C.C.C.C.CN[C@@H](CCCCNC(=O)COCCOCCCC(=O)COCCOCCNC(=O)c1cnc(NS(=O)(=O)c2ccc(Oc3ccc(F)c(CCCCCCCCCCCCCC(=O)O)c3)cc2)nc1)C(=O)O.CSSC.CSSC.CSSC.NC(=O)C[C@H](N)C=O. The maximum absolute atomic E-state index is 14.6. The van der Waals surface area contributed by atoms with Crippen LogP contribution in [-0.2, 0) is 64.2 Å². The number of aldehydes is 1. The number of ether oxygens (including phenoxy) is 5. The van der Waals surface area contributed by atoms with E-state index in [9.17, 15) is 46.4 Å². The number of likely N-dealkylation sites (N-methyl/N-ethyl adjacent to an activating group) is 1. The molecule has 3 amide bonds. The lowest BCUT2D eigenvalue weighted by Gasteiger charge is -2.11. The number of rotatable bonds is 50. The van der Waals surface area contributed by atoms with Crippen molar-refractivity contribution in [3.8, 4) is 11.5 Å². The summed E-state index contributed by atoms with van der Waals surface area (Å²) >= 11 is 0. The van der Waals surface area contributed by atoms with Crippen molar-refractivity contribution in [2.75, 3.05) is 115 Å². The van der Waals surface area contributed by atoms with Crippen molar-refractivity contribution in [3.05, 3.63) is 71.8 Å². The Morgan fingerprint density at radius 3 is 1.54 bits per heavy atom. The lowest BCUT2D eigenvalue weighted by Crippen LogP contribution is -2.34. The second kappa shape index (κ2) is 83.8. The van der Waals surface area contributed by atoms with Crippen LogP contribution in [0.5, 0.6) is 11.5 Å². The minimum absolute atomic E-state index is 0. The summed E-state index contributed by atoms with van der Waals surface area (Å²) in [5, 5.41) is 25.8. The van der Waals surface area contributed by atoms with Crippen LogP contribution in [0.15, 0.2) is 59.8 Å². The van der Waals surface area contributed by atoms with Gasteiger partial charge in [0.2, 0.25) is 17.8 Å². The summed E-state index contributed by atoms with van der Waals surface area (Å²) in [6.07, 6.45) is 30.0. The standard InChI is InChI=1S/C51H75FN6O14S.C4H8N2O2.3C2H6S2.9CH4/c1-53-46(50(64)65)18-13-14-26-54-47(60)38-71-33-30-68-28-15-17-41(59)37-70-32-31-69-29-27-55-49(63)40-35-56-51(57-36-40)58-73(66,67)44-23-20-42(21-24-44)72-43-22-25-45(52)39(34-43)16-11-9-7-5-3-2-4-6-8-10-12-19-48(61)62;5-3(2-7)1-4(6)8;3*1-3-4-2;;;;;;;;;/h20-25,34-36,46,53H,2-19,26-33,37-38H2,1H3,(H,54,60)(H,55,63)(H,61,62)(H,64,65)(H,56,57,58);2-3H,1,5H2,(H2,6,8);3*1-2H3;9*1H4/t46-;3-;;;;;;;;;;;;/m00............/s1. The third-order valence-electron chi connectivity index (χ3n) is 12.4. The van der Waals surface area contributed by atoms with Gasteiger partial charge in [-0.2, -0.15) is 0 Å². The van der Waals surface area contributed by atoms with Gasteiger partial charge in [0.15, 0.2) is 5.78 Å². The smallest absolute Gasteiger partial charge is 0.320 e. The summed E-state index contributed by atoms with van der Waals surface area (Å²) in [6, 6.07) is 8.90. The van der Waals surface area contributed by atoms with Gasteiger partial charge in [0.05, 0.1) is 49.5 Å². The molecule has 3 aromatic rings. The number of aryl methyl sites for hydroxylation is 1. The van der Waals surface area contributed by atoms with Crippen molar-refractivity contribution in [3.63, 3.8) is 0 Å². The highest BCUT2D eigenvalue weighted by molar-refractivity contribution is 8.76. The van der Waals surface area contributed by atoms with Crippen LogP contribution in [0.2, 0.25) is 0 Å². The first-order valence-electron chi connectivity index (χ1n) is 30.3. The molecule has 0 bridgehead atoms. The molecular weight excluding hydrogens is 1450 g/mol. The van der Waals surface area contributed by atoms with E-state index in [2.05, 4.69) is 68.2 Å². The third kappa shape index (κ3) is 72.5. The molecule has 32 heteroatoms. The molecule has 1 heterocycles. The monoisotopic (exact) mass is 1590 g/mol. The number of nitrogens with two attached hydrogens (primary N) is 2. The molecule has 3 rings (SSSR count). The quantitative estimate of drug-likeness (QED) is 0.0148. The van der Waals surface area contributed by atoms with Gasteiger partial charge in [-0.3, -0.25) is 28.8 Å². The number of hydrogen-bond acceptors (Lipinski definition) is 24. The zero-order valence-electron chi connectivity index (χ0n) is 54.8. The van der Waals surface area contributed by atoms with Gasteiger partial charge in [0, 0.05) is 51.4 Å². The number of anilines is 1. The number of primary amides is 1. The number of nitrogens with zero attached hydrogens (tertiary/aromatic N) is 2. The predicted octanol–water partition coefficient (Wildman–Crippen LogP) is 15.6. The number of carbonyl (C=O) groups excluding carboxylic acids is 5. The van der Waals surface area contributed by atoms with Crippen molar-refractivity contribution >= 4 is 122 Å². The van der Waals surface area contributed by atoms with E-state index in [0.29, 0.717) is 68.6 Å². The van der Waals surface area contributed by atoms with Crippen molar-refractivity contribution in [1.29, 1.82) is 0 Å². The van der Waals surface area contributed by atoms with E-state index >= 15 is 0 Å². The zero-order chi connectivity index (χ0) is 69.8. The van der Waals surface area contributed by atoms with E-state index in [4.69, 9.17) is 45.4 Å². The van der Waals surface area contributed by atoms with E-state index in [1.54, 1.807) is 77.9 Å². The Morgan fingerprint density at radius 1 is 0.588 bits per heavy atom. The molecule has 102 heavy (non-hydrogen) atoms. The van der Waals surface area contributed by atoms with Gasteiger partial charge in [-0.25, -0.2) is 27.5 Å². The second-order valence-corrected chi connectivity index (χ2v) is 29.4. The molecule has 1 aromatic heterocycles. The molecule has 0 spiro atoms. The highest BCUT2D eigenvalue weighted by Crippen LogP contribution is 2.27. The maximum Gasteiger partial charge on any atom is 0.320 e. The fraction of sp³-hybridized carbons (Fsp3) is 0.671. The molecule has 2 aromatic carbocycles. The van der Waals surface area contributed by atoms with Crippen molar-refractivity contribution in [1.82, 2.24) is 25.9 Å². The maximum atomic E-state index is 14.6. The fourth-order valence-electron chi connectivity index (χ4n) is 7.49. The Kier molecular flexibility index (Phi) is 99.8. The Bertz CT molecular complexity index is 2550. The van der Waals surface area contributed by atoms with Gasteiger partial charge in [-0.1, -0.05) is 189 Å². The number of carbonyl (C=O) groups is 7. The number of unbranched alkanes of at least 4 members (excludes halogenated alkanes) is 11. The average Bonchev–Trinajstić information content (AvgIpc) is 0.825. The van der Waals surface area contributed by atoms with Crippen LogP contribution >= 0.6 is 64.8 Å². The van der Waals surface area contributed by atoms with Crippen molar-refractivity contribution in [2.24, 2.45) is 11.5 Å². The lowest BCUT2D eigenvalue weighted by molar-refractivity contribution is -0.140. The van der Waals surface area contributed by atoms with Gasteiger partial charge in [0.1, 0.15) is 42.9 Å². The first-order chi connectivity index (χ1) is 44.7. The fourth-order valence-corrected chi connectivity index (χ4v) is 8.44. The molecule has 10 N–H and O–H groups in total. The van der Waals surface area contributed by atoms with Gasteiger partial charge < -0.3 is 66.1 Å². The summed E-state index contributed by atoms with van der Waals surface area (Å²) in [7, 11) is 8.14. The van der Waals surface area contributed by atoms with E-state index < -0.39 is 45.9 Å². The molecule has 0 fully saturated rings. The van der Waals surface area contributed by atoms with Crippen LogP contribution in [0.1, 0.15) is 198 Å². The molecule has 0 saturated carbocycles. The predicted molar refractivity (Wildman–Crippen MR) is 439 cm³/mol. The molecule has 0 radical (unpaired) electrons. The molecule has 602 valence electrons. The summed E-state index contributed by atoms with van der Waals surface area (Å²) in [5.41, 5.74) is 10.3. The molecule has 0 aliphatic carbocycles. The number of Topliss-reactive ketones (excluding diaryl/α,β-unsaturated/α-hetero) is 1. The van der Waals surface area contributed by atoms with Gasteiger partial charge in [0.25, 0.3) is 15.9 Å². The number of hydrogen-bond donors (Lipinski definition) is 8. The van der Waals surface area contributed by atoms with E-state index in [1.807, 2.05) is 0 Å². The van der Waals surface area contributed by atoms with Crippen LogP contribution in [0, 0.1) is 5.82 Å². The number of sulfonamides is 1. The van der Waals surface area contributed by atoms with E-state index in [-0.39, 0.29) is 173 Å². The first-order valence-corrected chi connectivity index (χ1v) is 40.7. The van der Waals surface area contributed by atoms with Crippen LogP contribution in [-0.4, -0.2) is 193 Å². The molecule has 24 nitrogen and oxygen atoms in total. The molecule has 0 unspecified atom stereocenters. The van der Waals surface area contributed by atoms with Gasteiger partial charge in [-0.05, 0) is 138 Å². The van der Waals surface area contributed by atoms with Gasteiger partial charge >= 0.3 is 11.9 Å². The lowest BCUT2D eigenvalue weighted by atomic mass is 10.0. The number of halogens is 1. The number of nitrogens with one attached hydrogen (secondary N) is 4. The molecular formula is C70H137FN8O16S7. The molecule has 0 aliphatic heterocycles. The van der Waals surface area contributed by atoms with E-state index in [0.717, 1.165) is 57.8 Å². The second-order valence-electron chi connectivity index (χ2n) is 19.7. The van der Waals surface area contributed by atoms with Crippen LogP contribution < -0.4 is 36.9 Å². The largest absolute Gasteiger partial charge is 0.481 e. The van der Waals surface area contributed by atoms with Crippen LogP contribution in [0.3, 0.4) is 0 Å². The third-order valence-corrected chi connectivity index (χ3v) is 17.7. The first kappa shape index (κ1) is 121. The van der Waals surface area contributed by atoms with Crippen molar-refractivity contribution < 1.29 is 80.3 Å². The van der Waals surface area contributed by atoms with Crippen LogP contribution in [0.25, 0.3) is 0 Å². The molecule has 2 atom stereocenters. The number of amides is 3. The Morgan fingerprint density at radius 2 is 1.07 bits per heavy atom. The molecule has 0 saturated heterocycles. The topological polar surface area (TPSA) is 366 Å². The number of ketones is 1. The number of carboxylic acid groups (broad SMARTS) is 2. The highest BCUT2D eigenvalue weighted by Gasteiger charge is 2.18. The number of benzene rings is 2. The number of aliphatic carboxylic acids is 2. The van der Waals surface area contributed by atoms with Crippen LogP contribution in [0.4, 0.5) is 10.3 Å². The van der Waals surface area contributed by atoms with E-state index in [1.165, 1.54) is 61.6 Å². The normalized spacial score (nSPS) is 10.3. The Labute approximate surface area is 640 Å². The Balaban J connectivity index is -0.000000278. The summed E-state index contributed by atoms with van der Waals surface area (Å²) in [6.45, 7) is 1.78. The minimum atomic E-state index is -4.10. The average molecular weight is 1590 g/mol. The van der Waals surface area contributed by atoms with Gasteiger partial charge in [-0.15, -0.1) is 0 Å². The number of aromatic nitrogens is 2. The summed E-state index contributed by atoms with van der Waals surface area (Å²) < 4.78 is 70.5.